The Balaban J connectivity index is 2.68. The minimum Gasteiger partial charge on any atom is -0.505 e. The van der Waals surface area contributed by atoms with Gasteiger partial charge in [0.25, 0.3) is 0 Å². The number of rotatable bonds is 2. The smallest absolute Gasteiger partial charge is 0.416 e. The van der Waals surface area contributed by atoms with E-state index in [1.165, 1.54) is 6.07 Å². The number of alkyl halides is 3. The average molecular weight is 313 g/mol. The molecule has 3 N–H and O–H groups in total. The van der Waals surface area contributed by atoms with Gasteiger partial charge in [-0.05, 0) is 35.2 Å². The van der Waals surface area contributed by atoms with Crippen molar-refractivity contribution >= 4 is 5.69 Å². The molecule has 2 rings (SSSR count). The number of halogens is 4. The molecule has 0 spiro atoms. The third-order valence-corrected chi connectivity index (χ3v) is 3.41. The van der Waals surface area contributed by atoms with Crippen molar-refractivity contribution in [1.82, 2.24) is 0 Å². The highest BCUT2D eigenvalue weighted by atomic mass is 19.4. The molecule has 0 aliphatic carbocycles. The van der Waals surface area contributed by atoms with Crippen LogP contribution in [0.1, 0.15) is 30.9 Å². The highest BCUT2D eigenvalue weighted by Crippen LogP contribution is 2.39. The molecule has 0 aliphatic rings. The van der Waals surface area contributed by atoms with Crippen LogP contribution in [-0.2, 0) is 6.18 Å². The predicted octanol–water partition coefficient (Wildman–Crippen LogP) is 4.92. The van der Waals surface area contributed by atoms with E-state index in [1.807, 2.05) is 0 Å². The maximum Gasteiger partial charge on any atom is 0.416 e. The molecule has 0 aliphatic heterocycles. The lowest BCUT2D eigenvalue weighted by atomic mass is 9.90. The zero-order chi connectivity index (χ0) is 16.7. The van der Waals surface area contributed by atoms with Gasteiger partial charge in [0.2, 0.25) is 0 Å². The molecule has 2 nitrogen and oxygen atoms in total. The first-order valence-electron chi connectivity index (χ1n) is 6.60. The number of phenolic OH excluding ortho intramolecular Hbond substituents is 1. The van der Waals surface area contributed by atoms with Crippen LogP contribution in [0.4, 0.5) is 23.2 Å². The Hall–Kier alpha value is -2.24. The summed E-state index contributed by atoms with van der Waals surface area (Å²) in [4.78, 5) is 0. The van der Waals surface area contributed by atoms with Gasteiger partial charge in [0.05, 0.1) is 5.56 Å². The van der Waals surface area contributed by atoms with Crippen LogP contribution in [0.5, 0.6) is 5.75 Å². The summed E-state index contributed by atoms with van der Waals surface area (Å²) in [5.74, 6) is -1.68. The van der Waals surface area contributed by atoms with E-state index in [0.717, 1.165) is 24.3 Å². The minimum absolute atomic E-state index is 0.0527. The van der Waals surface area contributed by atoms with Gasteiger partial charge in [0.15, 0.2) is 11.6 Å². The summed E-state index contributed by atoms with van der Waals surface area (Å²) in [6, 6.07) is 5.37. The second kappa shape index (κ2) is 5.51. The summed E-state index contributed by atoms with van der Waals surface area (Å²) < 4.78 is 51.8. The van der Waals surface area contributed by atoms with Crippen LogP contribution >= 0.6 is 0 Å². The molecule has 0 atom stereocenters. The highest BCUT2D eigenvalue weighted by Gasteiger charge is 2.31. The number of anilines is 1. The van der Waals surface area contributed by atoms with E-state index >= 15 is 0 Å². The SMILES string of the molecule is CC(C)c1cc(C(F)(F)F)ccc1-c1cc(O)c(F)cc1N. The Morgan fingerprint density at radius 1 is 1.05 bits per heavy atom. The lowest BCUT2D eigenvalue weighted by Gasteiger charge is -2.18. The van der Waals surface area contributed by atoms with Gasteiger partial charge in [0.1, 0.15) is 0 Å². The molecule has 118 valence electrons. The van der Waals surface area contributed by atoms with Crippen molar-refractivity contribution in [3.05, 3.63) is 47.3 Å². The molecule has 2 aromatic carbocycles. The van der Waals surface area contributed by atoms with E-state index < -0.39 is 23.3 Å². The summed E-state index contributed by atoms with van der Waals surface area (Å²) in [7, 11) is 0. The number of phenols is 1. The minimum atomic E-state index is -4.45. The second-order valence-electron chi connectivity index (χ2n) is 5.35. The van der Waals surface area contributed by atoms with E-state index in [1.54, 1.807) is 13.8 Å². The van der Waals surface area contributed by atoms with E-state index in [-0.39, 0.29) is 11.6 Å². The number of nitrogen functional groups attached to an aromatic ring is 1. The molecule has 0 amide bonds. The third kappa shape index (κ3) is 3.00. The highest BCUT2D eigenvalue weighted by molar-refractivity contribution is 5.80. The van der Waals surface area contributed by atoms with Crippen LogP contribution in [0.25, 0.3) is 11.1 Å². The Labute approximate surface area is 125 Å². The normalized spacial score (nSPS) is 12.0. The standard InChI is InChI=1S/C16H15F4NO/c1-8(2)11-5-9(16(18,19)20)3-4-10(11)12-6-15(22)13(17)7-14(12)21/h3-8,22H,21H2,1-2H3. The molecule has 6 heteroatoms. The van der Waals surface area contributed by atoms with E-state index in [2.05, 4.69) is 0 Å². The Morgan fingerprint density at radius 2 is 1.68 bits per heavy atom. The largest absolute Gasteiger partial charge is 0.505 e. The molecule has 0 saturated carbocycles. The lowest BCUT2D eigenvalue weighted by Crippen LogP contribution is -2.07. The maximum atomic E-state index is 13.3. The monoisotopic (exact) mass is 313 g/mol. The Kier molecular flexibility index (Phi) is 4.04. The van der Waals surface area contributed by atoms with Crippen LogP contribution in [0, 0.1) is 5.82 Å². The molecule has 0 fully saturated rings. The number of nitrogens with two attached hydrogens (primary N) is 1. The van der Waals surface area contributed by atoms with E-state index in [4.69, 9.17) is 5.73 Å². The first-order valence-corrected chi connectivity index (χ1v) is 6.60. The average Bonchev–Trinajstić information content (AvgIpc) is 2.41. The molecule has 0 aromatic heterocycles. The van der Waals surface area contributed by atoms with Crippen LogP contribution in [-0.4, -0.2) is 5.11 Å². The quantitative estimate of drug-likeness (QED) is 0.469. The van der Waals surface area contributed by atoms with Gasteiger partial charge in [-0.15, -0.1) is 0 Å². The van der Waals surface area contributed by atoms with Crippen LogP contribution in [0.3, 0.4) is 0 Å². The molecular weight excluding hydrogens is 298 g/mol. The molecule has 0 heterocycles. The predicted molar refractivity (Wildman–Crippen MR) is 77.0 cm³/mol. The fraction of sp³-hybridized carbons (Fsp3) is 0.250. The summed E-state index contributed by atoms with van der Waals surface area (Å²) in [6.07, 6.45) is -4.45. The van der Waals surface area contributed by atoms with Gasteiger partial charge in [-0.25, -0.2) is 4.39 Å². The third-order valence-electron chi connectivity index (χ3n) is 3.41. The van der Waals surface area contributed by atoms with Gasteiger partial charge in [0, 0.05) is 17.3 Å². The number of aromatic hydroxyl groups is 1. The molecule has 0 radical (unpaired) electrons. The number of benzene rings is 2. The van der Waals surface area contributed by atoms with Crippen LogP contribution < -0.4 is 5.73 Å². The van der Waals surface area contributed by atoms with Crippen molar-refractivity contribution in [3.63, 3.8) is 0 Å². The van der Waals surface area contributed by atoms with Crippen LogP contribution in [0.2, 0.25) is 0 Å². The first-order chi connectivity index (χ1) is 10.1. The molecular formula is C16H15F4NO. The van der Waals surface area contributed by atoms with Crippen molar-refractivity contribution < 1.29 is 22.7 Å². The summed E-state index contributed by atoms with van der Waals surface area (Å²) in [5, 5.41) is 9.49. The zero-order valence-electron chi connectivity index (χ0n) is 12.0. The van der Waals surface area contributed by atoms with Gasteiger partial charge in [-0.1, -0.05) is 19.9 Å². The fourth-order valence-corrected chi connectivity index (χ4v) is 2.27. The zero-order valence-corrected chi connectivity index (χ0v) is 12.0. The van der Waals surface area contributed by atoms with E-state index in [9.17, 15) is 22.7 Å². The van der Waals surface area contributed by atoms with Gasteiger partial charge >= 0.3 is 6.18 Å². The van der Waals surface area contributed by atoms with Crippen molar-refractivity contribution in [2.45, 2.75) is 25.9 Å². The second-order valence-corrected chi connectivity index (χ2v) is 5.35. The number of hydrogen-bond donors (Lipinski definition) is 2. The summed E-state index contributed by atoms with van der Waals surface area (Å²) in [6.45, 7) is 3.50. The molecule has 2 aromatic rings. The van der Waals surface area contributed by atoms with Crippen molar-refractivity contribution in [2.75, 3.05) is 5.73 Å². The first kappa shape index (κ1) is 16.1. The van der Waals surface area contributed by atoms with Gasteiger partial charge < -0.3 is 10.8 Å². The molecule has 0 saturated heterocycles. The van der Waals surface area contributed by atoms with Gasteiger partial charge in [-0.3, -0.25) is 0 Å². The Morgan fingerprint density at radius 3 is 2.23 bits per heavy atom. The molecule has 0 bridgehead atoms. The van der Waals surface area contributed by atoms with E-state index in [0.29, 0.717) is 16.7 Å². The van der Waals surface area contributed by atoms with Crippen molar-refractivity contribution in [3.8, 4) is 16.9 Å². The van der Waals surface area contributed by atoms with Crippen molar-refractivity contribution in [2.24, 2.45) is 0 Å². The topological polar surface area (TPSA) is 46.2 Å². The number of hydrogen-bond acceptors (Lipinski definition) is 2. The molecule has 22 heavy (non-hydrogen) atoms. The Bertz CT molecular complexity index is 708. The van der Waals surface area contributed by atoms with Gasteiger partial charge in [-0.2, -0.15) is 13.2 Å². The molecule has 0 unspecified atom stereocenters. The van der Waals surface area contributed by atoms with Crippen molar-refractivity contribution in [1.29, 1.82) is 0 Å². The van der Waals surface area contributed by atoms with Crippen LogP contribution in [0.15, 0.2) is 30.3 Å². The fourth-order valence-electron chi connectivity index (χ4n) is 2.27. The summed E-state index contributed by atoms with van der Waals surface area (Å²) in [5.41, 5.74) is 6.20. The maximum absolute atomic E-state index is 13.3. The lowest BCUT2D eigenvalue weighted by molar-refractivity contribution is -0.137. The summed E-state index contributed by atoms with van der Waals surface area (Å²) >= 11 is 0.